The van der Waals surface area contributed by atoms with E-state index in [1.807, 2.05) is 0 Å². The summed E-state index contributed by atoms with van der Waals surface area (Å²) in [6.07, 6.45) is 2.13. The number of carbonyl (C=O) groups excluding carboxylic acids is 1. The third-order valence-corrected chi connectivity index (χ3v) is 4.04. The quantitative estimate of drug-likeness (QED) is 0.134. The van der Waals surface area contributed by atoms with E-state index in [-0.39, 0.29) is 22.6 Å². The first kappa shape index (κ1) is 21.6. The van der Waals surface area contributed by atoms with Crippen LogP contribution in [0.15, 0.2) is 57.6 Å². The van der Waals surface area contributed by atoms with E-state index in [9.17, 15) is 19.7 Å². The van der Waals surface area contributed by atoms with Crippen molar-refractivity contribution < 1.29 is 24.4 Å². The molecule has 11 heteroatoms. The summed E-state index contributed by atoms with van der Waals surface area (Å²) in [5, 5.41) is 19.8. The number of halogens is 1. The molecule has 2 rings (SSSR count). The van der Waals surface area contributed by atoms with Crippen molar-refractivity contribution in [3.05, 3.63) is 68.3 Å². The number of nitrogen functional groups attached to an aromatic ring is 1. The van der Waals surface area contributed by atoms with Crippen molar-refractivity contribution in [1.82, 2.24) is 0 Å². The molecule has 2 aromatic carbocycles. The SMILES string of the molecule is NC=C(C=Nc1ccc(Br)cc1N)C(=O)c1cc([N+](=O)[O-])ccc1OCC(=O)O. The van der Waals surface area contributed by atoms with E-state index in [0.29, 0.717) is 11.4 Å². The molecule has 0 spiro atoms. The molecule has 0 saturated heterocycles. The number of nitrogens with zero attached hydrogens (tertiary/aromatic N) is 2. The number of Topliss-reactive ketones (excluding diaryl/α,β-unsaturated/α-hetero) is 1. The van der Waals surface area contributed by atoms with Crippen molar-refractivity contribution in [2.45, 2.75) is 0 Å². The number of non-ortho nitro benzene ring substituents is 1. The molecule has 0 bridgehead atoms. The lowest BCUT2D eigenvalue weighted by molar-refractivity contribution is -0.384. The van der Waals surface area contributed by atoms with E-state index in [2.05, 4.69) is 20.9 Å². The zero-order valence-corrected chi connectivity index (χ0v) is 16.3. The normalized spacial score (nSPS) is 11.4. The zero-order valence-electron chi connectivity index (χ0n) is 14.7. The number of carboxylic acids is 1. The Morgan fingerprint density at radius 3 is 2.59 bits per heavy atom. The number of carbonyl (C=O) groups is 2. The highest BCUT2D eigenvalue weighted by Crippen LogP contribution is 2.28. The molecule has 0 heterocycles. The first-order valence-electron chi connectivity index (χ1n) is 7.91. The maximum absolute atomic E-state index is 12.8. The number of hydrogen-bond donors (Lipinski definition) is 3. The van der Waals surface area contributed by atoms with Crippen LogP contribution in [-0.2, 0) is 4.79 Å². The predicted molar refractivity (Wildman–Crippen MR) is 110 cm³/mol. The number of nitro benzene ring substituents is 1. The van der Waals surface area contributed by atoms with Gasteiger partial charge in [-0.05, 0) is 24.3 Å². The summed E-state index contributed by atoms with van der Waals surface area (Å²) in [4.78, 5) is 38.1. The smallest absolute Gasteiger partial charge is 0.341 e. The Balaban J connectivity index is 2.40. The van der Waals surface area contributed by atoms with Crippen LogP contribution >= 0.6 is 15.9 Å². The van der Waals surface area contributed by atoms with Crippen LogP contribution in [0.5, 0.6) is 5.75 Å². The van der Waals surface area contributed by atoms with Gasteiger partial charge >= 0.3 is 5.97 Å². The van der Waals surface area contributed by atoms with Gasteiger partial charge in [0.15, 0.2) is 12.4 Å². The van der Waals surface area contributed by atoms with E-state index in [1.54, 1.807) is 18.2 Å². The number of aliphatic imine (C=N–C) groups is 1. The predicted octanol–water partition coefficient (Wildman–Crippen LogP) is 2.83. The fourth-order valence-corrected chi connectivity index (χ4v) is 2.57. The summed E-state index contributed by atoms with van der Waals surface area (Å²) in [5.74, 6) is -2.15. The Hall–Kier alpha value is -3.73. The summed E-state index contributed by atoms with van der Waals surface area (Å²) >= 11 is 3.27. The molecule has 0 radical (unpaired) electrons. The Kier molecular flexibility index (Phi) is 7.04. The lowest BCUT2D eigenvalue weighted by Crippen LogP contribution is -2.14. The highest BCUT2D eigenvalue weighted by Gasteiger charge is 2.21. The standard InChI is InChI=1S/C18H15BrN4O6/c19-11-1-3-15(14(21)5-11)22-8-10(7-20)18(26)13-6-12(23(27)28)2-4-16(13)29-9-17(24)25/h1-8H,9,20-21H2,(H,24,25). The number of carboxylic acid groups (broad SMARTS) is 1. The lowest BCUT2D eigenvalue weighted by atomic mass is 10.0. The molecule has 0 aliphatic carbocycles. The molecule has 0 aliphatic rings. The average molecular weight is 463 g/mol. The van der Waals surface area contributed by atoms with Crippen LogP contribution < -0.4 is 16.2 Å². The number of allylic oxidation sites excluding steroid dienone is 1. The van der Waals surface area contributed by atoms with Gasteiger partial charge in [-0.3, -0.25) is 19.9 Å². The molecule has 2 aromatic rings. The maximum Gasteiger partial charge on any atom is 0.341 e. The van der Waals surface area contributed by atoms with Crippen molar-refractivity contribution in [3.63, 3.8) is 0 Å². The molecule has 10 nitrogen and oxygen atoms in total. The van der Waals surface area contributed by atoms with Gasteiger partial charge in [0, 0.05) is 29.0 Å². The van der Waals surface area contributed by atoms with E-state index in [4.69, 9.17) is 21.3 Å². The summed E-state index contributed by atoms with van der Waals surface area (Å²) < 4.78 is 5.81. The van der Waals surface area contributed by atoms with Crippen molar-refractivity contribution >= 4 is 51.0 Å². The first-order chi connectivity index (χ1) is 13.7. The van der Waals surface area contributed by atoms with Gasteiger partial charge in [0.25, 0.3) is 5.69 Å². The summed E-state index contributed by atoms with van der Waals surface area (Å²) in [6.45, 7) is -0.733. The first-order valence-corrected chi connectivity index (χ1v) is 8.71. The number of anilines is 1. The van der Waals surface area contributed by atoms with Gasteiger partial charge < -0.3 is 21.3 Å². The molecule has 0 aromatic heterocycles. The molecule has 29 heavy (non-hydrogen) atoms. The summed E-state index contributed by atoms with van der Waals surface area (Å²) in [5.41, 5.74) is 11.4. The zero-order chi connectivity index (χ0) is 21.6. The highest BCUT2D eigenvalue weighted by atomic mass is 79.9. The molecular weight excluding hydrogens is 448 g/mol. The minimum Gasteiger partial charge on any atom is -0.481 e. The van der Waals surface area contributed by atoms with Gasteiger partial charge in [-0.2, -0.15) is 0 Å². The average Bonchev–Trinajstić information content (AvgIpc) is 2.67. The Morgan fingerprint density at radius 1 is 1.28 bits per heavy atom. The number of ether oxygens (including phenoxy) is 1. The molecular formula is C18H15BrN4O6. The largest absolute Gasteiger partial charge is 0.481 e. The molecule has 0 fully saturated rings. The molecule has 5 N–H and O–H groups in total. The van der Waals surface area contributed by atoms with E-state index < -0.39 is 23.3 Å². The summed E-state index contributed by atoms with van der Waals surface area (Å²) in [7, 11) is 0. The van der Waals surface area contributed by atoms with Crippen LogP contribution in [0, 0.1) is 10.1 Å². The van der Waals surface area contributed by atoms with Gasteiger partial charge in [0.1, 0.15) is 5.75 Å². The monoisotopic (exact) mass is 462 g/mol. The van der Waals surface area contributed by atoms with Gasteiger partial charge in [0.05, 0.1) is 27.4 Å². The second-order valence-electron chi connectivity index (χ2n) is 5.53. The lowest BCUT2D eigenvalue weighted by Gasteiger charge is -2.09. The van der Waals surface area contributed by atoms with E-state index in [0.717, 1.165) is 35.1 Å². The van der Waals surface area contributed by atoms with Crippen molar-refractivity contribution in [1.29, 1.82) is 0 Å². The minimum atomic E-state index is -1.27. The minimum absolute atomic E-state index is 0.104. The fraction of sp³-hybridized carbons (Fsp3) is 0.0556. The summed E-state index contributed by atoms with van der Waals surface area (Å²) in [6, 6.07) is 8.16. The van der Waals surface area contributed by atoms with Crippen LogP contribution in [-0.4, -0.2) is 34.6 Å². The van der Waals surface area contributed by atoms with Crippen LogP contribution in [0.4, 0.5) is 17.1 Å². The van der Waals surface area contributed by atoms with Crippen molar-refractivity contribution in [3.8, 4) is 5.75 Å². The Bertz CT molecular complexity index is 1040. The highest BCUT2D eigenvalue weighted by molar-refractivity contribution is 9.10. The molecule has 0 amide bonds. The number of aliphatic carboxylic acids is 1. The Morgan fingerprint density at radius 2 is 2.00 bits per heavy atom. The van der Waals surface area contributed by atoms with E-state index in [1.165, 1.54) is 0 Å². The molecule has 0 saturated carbocycles. The van der Waals surface area contributed by atoms with Gasteiger partial charge in [-0.15, -0.1) is 0 Å². The second-order valence-corrected chi connectivity index (χ2v) is 6.45. The van der Waals surface area contributed by atoms with Gasteiger partial charge in [0.2, 0.25) is 0 Å². The number of rotatable bonds is 8. The number of hydrogen-bond acceptors (Lipinski definition) is 8. The Labute approximate surface area is 172 Å². The third kappa shape index (κ3) is 5.62. The van der Waals surface area contributed by atoms with Gasteiger partial charge in [-0.25, -0.2) is 4.79 Å². The molecule has 0 aliphatic heterocycles. The van der Waals surface area contributed by atoms with Crippen LogP contribution in [0.25, 0.3) is 0 Å². The van der Waals surface area contributed by atoms with Crippen molar-refractivity contribution in [2.75, 3.05) is 12.3 Å². The third-order valence-electron chi connectivity index (χ3n) is 3.54. The number of benzene rings is 2. The molecule has 0 atom stereocenters. The topological polar surface area (TPSA) is 171 Å². The van der Waals surface area contributed by atoms with Crippen LogP contribution in [0.2, 0.25) is 0 Å². The second kappa shape index (κ2) is 9.46. The molecule has 0 unspecified atom stereocenters. The van der Waals surface area contributed by atoms with Gasteiger partial charge in [-0.1, -0.05) is 15.9 Å². The van der Waals surface area contributed by atoms with Crippen molar-refractivity contribution in [2.24, 2.45) is 10.7 Å². The fourth-order valence-electron chi connectivity index (χ4n) is 2.19. The number of ketones is 1. The number of nitrogens with two attached hydrogens (primary N) is 2. The van der Waals surface area contributed by atoms with Crippen LogP contribution in [0.3, 0.4) is 0 Å². The maximum atomic E-state index is 12.8. The van der Waals surface area contributed by atoms with Crippen LogP contribution in [0.1, 0.15) is 10.4 Å². The number of nitro groups is 1. The molecule has 150 valence electrons. The van der Waals surface area contributed by atoms with E-state index >= 15 is 0 Å².